The fourth-order valence-electron chi connectivity index (χ4n) is 5.41. The van der Waals surface area contributed by atoms with Gasteiger partial charge in [0.1, 0.15) is 11.0 Å². The number of nitrogens with zero attached hydrogens (tertiary/aromatic N) is 3. The first-order valence-electron chi connectivity index (χ1n) is 10.2. The molecule has 1 aromatic heterocycles. The second-order valence-electron chi connectivity index (χ2n) is 8.46. The number of fused-ring (bicyclic) bond motifs is 2. The summed E-state index contributed by atoms with van der Waals surface area (Å²) in [6, 6.07) is 5.94. The third-order valence-electron chi connectivity index (χ3n) is 6.65. The number of nitrogens with one attached hydrogen (secondary N) is 2. The molecule has 0 aliphatic carbocycles. The molecule has 4 heterocycles. The van der Waals surface area contributed by atoms with Gasteiger partial charge in [-0.25, -0.2) is 4.63 Å². The molecule has 3 aliphatic heterocycles. The van der Waals surface area contributed by atoms with Gasteiger partial charge in [-0.3, -0.25) is 14.5 Å². The van der Waals surface area contributed by atoms with Gasteiger partial charge in [-0.05, 0) is 34.8 Å². The third kappa shape index (κ3) is 3.28. The quantitative estimate of drug-likeness (QED) is 0.726. The van der Waals surface area contributed by atoms with Crippen molar-refractivity contribution in [3.8, 4) is 0 Å². The van der Waals surface area contributed by atoms with Crippen LogP contribution in [0.2, 0.25) is 0 Å². The van der Waals surface area contributed by atoms with Crippen molar-refractivity contribution in [1.82, 2.24) is 25.8 Å². The molecule has 0 saturated carbocycles. The number of hydrogen-bond acceptors (Lipinski definition) is 7. The molecule has 29 heavy (non-hydrogen) atoms. The van der Waals surface area contributed by atoms with Crippen LogP contribution in [-0.4, -0.2) is 64.9 Å². The maximum Gasteiger partial charge on any atom is 0.239 e. The number of benzene rings is 1. The molecule has 2 aromatic rings. The van der Waals surface area contributed by atoms with Crippen LogP contribution in [0, 0.1) is 11.8 Å². The molecule has 154 valence electrons. The lowest BCUT2D eigenvalue weighted by Gasteiger charge is -2.29. The molecule has 3 saturated heterocycles. The Morgan fingerprint density at radius 3 is 3.07 bits per heavy atom. The van der Waals surface area contributed by atoms with E-state index in [1.807, 2.05) is 12.1 Å². The van der Waals surface area contributed by atoms with E-state index in [9.17, 15) is 9.59 Å². The minimum atomic E-state index is -0.203. The lowest BCUT2D eigenvalue weighted by molar-refractivity contribution is -0.125. The minimum absolute atomic E-state index is 0.0191. The Bertz CT molecular complexity index is 946. The Morgan fingerprint density at radius 1 is 1.31 bits per heavy atom. The van der Waals surface area contributed by atoms with E-state index in [1.54, 1.807) is 0 Å². The van der Waals surface area contributed by atoms with Crippen LogP contribution >= 0.6 is 0 Å². The van der Waals surface area contributed by atoms with Gasteiger partial charge >= 0.3 is 0 Å². The highest BCUT2D eigenvalue weighted by atomic mass is 16.6. The third-order valence-corrected chi connectivity index (χ3v) is 6.65. The van der Waals surface area contributed by atoms with Gasteiger partial charge in [0.15, 0.2) is 0 Å². The lowest BCUT2D eigenvalue weighted by atomic mass is 9.73. The monoisotopic (exact) mass is 399 g/mol. The number of carbonyl (C=O) groups is 2. The number of ether oxygens (including phenoxy) is 1. The zero-order valence-electron chi connectivity index (χ0n) is 16.4. The Hall–Kier alpha value is -2.52. The number of amides is 2. The second-order valence-corrected chi connectivity index (χ2v) is 8.46. The van der Waals surface area contributed by atoms with E-state index in [2.05, 4.69) is 31.9 Å². The van der Waals surface area contributed by atoms with Crippen molar-refractivity contribution in [3.63, 3.8) is 0 Å². The molecule has 1 aromatic carbocycles. The number of rotatable bonds is 6. The average Bonchev–Trinajstić information content (AvgIpc) is 3.44. The van der Waals surface area contributed by atoms with Crippen molar-refractivity contribution in [2.75, 3.05) is 26.2 Å². The fourth-order valence-corrected chi connectivity index (χ4v) is 5.41. The highest BCUT2D eigenvalue weighted by Gasteiger charge is 2.62. The lowest BCUT2D eigenvalue weighted by Crippen LogP contribution is -2.44. The molecular formula is C20H25N5O4. The van der Waals surface area contributed by atoms with Crippen LogP contribution in [0.1, 0.15) is 25.3 Å². The number of hydrogen-bond donors (Lipinski definition) is 2. The molecule has 5 rings (SSSR count). The zero-order valence-corrected chi connectivity index (χ0v) is 16.4. The van der Waals surface area contributed by atoms with Crippen molar-refractivity contribution in [3.05, 3.63) is 23.8 Å². The molecule has 2 bridgehead atoms. The Kier molecular flexibility index (Phi) is 4.51. The van der Waals surface area contributed by atoms with Gasteiger partial charge in [-0.15, -0.1) is 0 Å². The van der Waals surface area contributed by atoms with Crippen molar-refractivity contribution in [2.24, 2.45) is 11.8 Å². The molecule has 1 spiro atoms. The number of aromatic nitrogens is 2. The van der Waals surface area contributed by atoms with E-state index >= 15 is 0 Å². The van der Waals surface area contributed by atoms with Gasteiger partial charge in [0.2, 0.25) is 11.8 Å². The van der Waals surface area contributed by atoms with Gasteiger partial charge in [0.05, 0.1) is 18.2 Å². The van der Waals surface area contributed by atoms with E-state index < -0.39 is 0 Å². The molecule has 2 N–H and O–H groups in total. The summed E-state index contributed by atoms with van der Waals surface area (Å²) in [6.07, 6.45) is 2.33. The molecular weight excluding hydrogens is 374 g/mol. The van der Waals surface area contributed by atoms with E-state index in [-0.39, 0.29) is 30.1 Å². The summed E-state index contributed by atoms with van der Waals surface area (Å²) in [4.78, 5) is 25.4. The van der Waals surface area contributed by atoms with Crippen molar-refractivity contribution in [1.29, 1.82) is 0 Å². The SMILES string of the molecule is CC(=O)NCC(=O)NC[C@H]1[C@H]2CN(Cc3cccc4nonc34)C[C@]23CC[C@H]1O3. The summed E-state index contributed by atoms with van der Waals surface area (Å²) in [5.74, 6) is 0.347. The van der Waals surface area contributed by atoms with E-state index in [0.29, 0.717) is 18.4 Å². The van der Waals surface area contributed by atoms with Crippen LogP contribution < -0.4 is 10.6 Å². The summed E-state index contributed by atoms with van der Waals surface area (Å²) in [7, 11) is 0. The highest BCUT2D eigenvalue weighted by molar-refractivity contribution is 5.83. The fraction of sp³-hybridized carbons (Fsp3) is 0.600. The highest BCUT2D eigenvalue weighted by Crippen LogP contribution is 2.54. The second kappa shape index (κ2) is 7.07. The van der Waals surface area contributed by atoms with E-state index in [0.717, 1.165) is 49.1 Å². The number of likely N-dealkylation sites (tertiary alicyclic amines) is 1. The molecule has 9 nitrogen and oxygen atoms in total. The van der Waals surface area contributed by atoms with E-state index in [4.69, 9.17) is 9.37 Å². The Morgan fingerprint density at radius 2 is 2.21 bits per heavy atom. The molecule has 0 unspecified atom stereocenters. The maximum absolute atomic E-state index is 12.0. The summed E-state index contributed by atoms with van der Waals surface area (Å²) >= 11 is 0. The van der Waals surface area contributed by atoms with Gasteiger partial charge < -0.3 is 15.4 Å². The first kappa shape index (κ1) is 18.5. The van der Waals surface area contributed by atoms with Crippen LogP contribution in [0.15, 0.2) is 22.8 Å². The first-order valence-corrected chi connectivity index (χ1v) is 10.2. The normalized spacial score (nSPS) is 30.6. The average molecular weight is 399 g/mol. The molecule has 9 heteroatoms. The standard InChI is InChI=1S/C20H25N5O4/c1-12(26)21-8-18(27)22-7-14-15-10-25(11-20(15)6-5-17(14)28-20)9-13-3-2-4-16-19(13)24-29-23-16/h2-4,14-15,17H,5-11H2,1H3,(H,21,26)(H,22,27)/t14-,15+,17+,20+/m0/s1. The first-order chi connectivity index (χ1) is 14.0. The summed E-state index contributed by atoms with van der Waals surface area (Å²) in [5.41, 5.74) is 2.59. The summed E-state index contributed by atoms with van der Waals surface area (Å²) in [6.45, 7) is 4.62. The maximum atomic E-state index is 12.0. The minimum Gasteiger partial charge on any atom is -0.370 e. The van der Waals surface area contributed by atoms with Crippen LogP contribution in [0.4, 0.5) is 0 Å². The molecule has 3 aliphatic rings. The van der Waals surface area contributed by atoms with E-state index in [1.165, 1.54) is 6.92 Å². The molecule has 4 atom stereocenters. The van der Waals surface area contributed by atoms with Crippen molar-refractivity contribution in [2.45, 2.75) is 38.0 Å². The largest absolute Gasteiger partial charge is 0.370 e. The number of carbonyl (C=O) groups excluding carboxylic acids is 2. The summed E-state index contributed by atoms with van der Waals surface area (Å²) < 4.78 is 11.3. The summed E-state index contributed by atoms with van der Waals surface area (Å²) in [5, 5.41) is 13.5. The Balaban J connectivity index is 1.24. The zero-order chi connectivity index (χ0) is 20.0. The van der Waals surface area contributed by atoms with Gasteiger partial charge in [-0.1, -0.05) is 12.1 Å². The van der Waals surface area contributed by atoms with Crippen molar-refractivity contribution >= 4 is 22.8 Å². The Labute approximate surface area is 168 Å². The molecule has 2 amide bonds. The van der Waals surface area contributed by atoms with Crippen LogP contribution in [0.5, 0.6) is 0 Å². The smallest absolute Gasteiger partial charge is 0.239 e. The van der Waals surface area contributed by atoms with Crippen LogP contribution in [0.3, 0.4) is 0 Å². The predicted molar refractivity (Wildman–Crippen MR) is 103 cm³/mol. The molecule has 0 radical (unpaired) electrons. The van der Waals surface area contributed by atoms with Gasteiger partial charge in [0.25, 0.3) is 0 Å². The van der Waals surface area contributed by atoms with Gasteiger partial charge in [0, 0.05) is 44.9 Å². The van der Waals surface area contributed by atoms with Crippen molar-refractivity contribution < 1.29 is 19.0 Å². The topological polar surface area (TPSA) is 110 Å². The van der Waals surface area contributed by atoms with Crippen LogP contribution in [-0.2, 0) is 20.9 Å². The molecule has 3 fully saturated rings. The predicted octanol–water partition coefficient (Wildman–Crippen LogP) is 0.455. The van der Waals surface area contributed by atoms with Crippen LogP contribution in [0.25, 0.3) is 11.0 Å². The van der Waals surface area contributed by atoms with Gasteiger partial charge in [-0.2, -0.15) is 0 Å².